The maximum absolute atomic E-state index is 10.7. The van der Waals surface area contributed by atoms with E-state index in [-0.39, 0.29) is 5.69 Å². The minimum atomic E-state index is -0.963. The van der Waals surface area contributed by atoms with Crippen LogP contribution >= 0.6 is 0 Å². The molecule has 2 aliphatic rings. The molecule has 0 spiro atoms. The molecule has 1 N–H and O–H groups in total. The fourth-order valence-corrected chi connectivity index (χ4v) is 2.92. The van der Waals surface area contributed by atoms with E-state index in [1.54, 1.807) is 12.3 Å². The fourth-order valence-electron chi connectivity index (χ4n) is 2.92. The number of nitrogens with zero attached hydrogens (tertiary/aromatic N) is 2. The number of rotatable bonds is 2. The molecule has 2 heterocycles. The lowest BCUT2D eigenvalue weighted by molar-refractivity contribution is 0.0690. The van der Waals surface area contributed by atoms with Gasteiger partial charge in [-0.05, 0) is 37.3 Å². The monoisotopic (exact) mass is 218 g/mol. The number of pyridine rings is 1. The fraction of sp³-hybridized carbons (Fsp3) is 0.500. The molecule has 1 aliphatic carbocycles. The lowest BCUT2D eigenvalue weighted by Crippen LogP contribution is -2.31. The zero-order valence-corrected chi connectivity index (χ0v) is 8.97. The van der Waals surface area contributed by atoms with E-state index < -0.39 is 5.97 Å². The summed E-state index contributed by atoms with van der Waals surface area (Å²) in [5.74, 6) is -0.126. The highest BCUT2D eigenvalue weighted by atomic mass is 16.4. The Balaban J connectivity index is 1.82. The van der Waals surface area contributed by atoms with Gasteiger partial charge in [0.05, 0.1) is 11.9 Å². The first-order valence-corrected chi connectivity index (χ1v) is 5.70. The molecular formula is C12H14N2O2. The Morgan fingerprint density at radius 2 is 2.31 bits per heavy atom. The van der Waals surface area contributed by atoms with Crippen LogP contribution in [0.15, 0.2) is 18.3 Å². The quantitative estimate of drug-likeness (QED) is 0.822. The van der Waals surface area contributed by atoms with E-state index in [0.717, 1.165) is 18.2 Å². The van der Waals surface area contributed by atoms with Gasteiger partial charge in [-0.1, -0.05) is 0 Å². The number of carboxylic acid groups (broad SMARTS) is 1. The molecule has 4 heteroatoms. The Morgan fingerprint density at radius 3 is 2.81 bits per heavy atom. The molecule has 2 fully saturated rings. The number of anilines is 1. The van der Waals surface area contributed by atoms with Gasteiger partial charge in [-0.2, -0.15) is 0 Å². The van der Waals surface area contributed by atoms with Crippen LogP contribution in [0.5, 0.6) is 0 Å². The Kier molecular flexibility index (Phi) is 2.09. The first-order valence-electron chi connectivity index (χ1n) is 5.70. The molecule has 2 unspecified atom stereocenters. The molecule has 16 heavy (non-hydrogen) atoms. The van der Waals surface area contributed by atoms with Crippen LogP contribution in [-0.4, -0.2) is 28.6 Å². The van der Waals surface area contributed by atoms with Crippen molar-refractivity contribution in [2.45, 2.75) is 25.3 Å². The summed E-state index contributed by atoms with van der Waals surface area (Å²) in [5, 5.41) is 8.77. The highest BCUT2D eigenvalue weighted by Crippen LogP contribution is 2.39. The molecule has 1 aromatic heterocycles. The van der Waals surface area contributed by atoms with Crippen LogP contribution in [0.25, 0.3) is 0 Å². The number of piperidine rings is 1. The number of aromatic nitrogens is 1. The summed E-state index contributed by atoms with van der Waals surface area (Å²) in [7, 11) is 0. The number of carbonyl (C=O) groups is 1. The van der Waals surface area contributed by atoms with Crippen LogP contribution in [0.2, 0.25) is 0 Å². The lowest BCUT2D eigenvalue weighted by atomic mass is 10.1. The molecule has 1 saturated heterocycles. The standard InChI is InChI=1S/C12H14N2O2/c15-12(16)11-4-3-10(6-13-11)14-7-8-1-2-9(14)5-8/h3-4,6,8-9H,1-2,5,7H2,(H,15,16). The summed E-state index contributed by atoms with van der Waals surface area (Å²) in [6.45, 7) is 1.11. The van der Waals surface area contributed by atoms with E-state index >= 15 is 0 Å². The predicted octanol–water partition coefficient (Wildman–Crippen LogP) is 1.77. The maximum atomic E-state index is 10.7. The molecule has 1 aliphatic heterocycles. The van der Waals surface area contributed by atoms with E-state index in [1.165, 1.54) is 19.3 Å². The third-order valence-electron chi connectivity index (χ3n) is 3.71. The van der Waals surface area contributed by atoms with Gasteiger partial charge in [0.1, 0.15) is 5.69 Å². The van der Waals surface area contributed by atoms with Gasteiger partial charge < -0.3 is 10.0 Å². The minimum absolute atomic E-state index is 0.119. The van der Waals surface area contributed by atoms with Crippen molar-refractivity contribution in [3.05, 3.63) is 24.0 Å². The minimum Gasteiger partial charge on any atom is -0.477 e. The van der Waals surface area contributed by atoms with Crippen molar-refractivity contribution in [1.29, 1.82) is 0 Å². The average molecular weight is 218 g/mol. The molecular weight excluding hydrogens is 204 g/mol. The molecule has 84 valence electrons. The van der Waals surface area contributed by atoms with Gasteiger partial charge >= 0.3 is 5.97 Å². The zero-order valence-electron chi connectivity index (χ0n) is 8.97. The first-order chi connectivity index (χ1) is 7.74. The van der Waals surface area contributed by atoms with E-state index in [4.69, 9.17) is 5.11 Å². The van der Waals surface area contributed by atoms with E-state index in [2.05, 4.69) is 9.88 Å². The second kappa shape index (κ2) is 3.47. The van der Waals surface area contributed by atoms with Crippen LogP contribution in [0.1, 0.15) is 29.8 Å². The number of aromatic carboxylic acids is 1. The van der Waals surface area contributed by atoms with Crippen LogP contribution in [0, 0.1) is 5.92 Å². The molecule has 3 rings (SSSR count). The lowest BCUT2D eigenvalue weighted by Gasteiger charge is -2.28. The van der Waals surface area contributed by atoms with Crippen LogP contribution in [0.4, 0.5) is 5.69 Å². The zero-order chi connectivity index (χ0) is 11.1. The summed E-state index contributed by atoms with van der Waals surface area (Å²) in [4.78, 5) is 17.0. The molecule has 1 saturated carbocycles. The van der Waals surface area contributed by atoms with Crippen molar-refractivity contribution >= 4 is 11.7 Å². The van der Waals surface area contributed by atoms with E-state index in [1.807, 2.05) is 6.07 Å². The number of hydrogen-bond acceptors (Lipinski definition) is 3. The third-order valence-corrected chi connectivity index (χ3v) is 3.71. The van der Waals surface area contributed by atoms with E-state index in [0.29, 0.717) is 6.04 Å². The summed E-state index contributed by atoms with van der Waals surface area (Å²) < 4.78 is 0. The van der Waals surface area contributed by atoms with Gasteiger partial charge in [0.15, 0.2) is 0 Å². The largest absolute Gasteiger partial charge is 0.477 e. The highest BCUT2D eigenvalue weighted by Gasteiger charge is 2.37. The highest BCUT2D eigenvalue weighted by molar-refractivity contribution is 5.85. The van der Waals surface area contributed by atoms with Gasteiger partial charge in [0, 0.05) is 12.6 Å². The number of fused-ring (bicyclic) bond motifs is 2. The van der Waals surface area contributed by atoms with Crippen molar-refractivity contribution < 1.29 is 9.90 Å². The average Bonchev–Trinajstić information content (AvgIpc) is 2.91. The Bertz CT molecular complexity index is 416. The van der Waals surface area contributed by atoms with Crippen LogP contribution in [-0.2, 0) is 0 Å². The van der Waals surface area contributed by atoms with Crippen LogP contribution in [0.3, 0.4) is 0 Å². The van der Waals surface area contributed by atoms with Crippen molar-refractivity contribution in [3.8, 4) is 0 Å². The second-order valence-corrected chi connectivity index (χ2v) is 4.69. The summed E-state index contributed by atoms with van der Waals surface area (Å²) in [5.41, 5.74) is 1.19. The number of carboxylic acids is 1. The molecule has 1 aromatic rings. The molecule has 0 aromatic carbocycles. The summed E-state index contributed by atoms with van der Waals surface area (Å²) >= 11 is 0. The predicted molar refractivity (Wildman–Crippen MR) is 59.7 cm³/mol. The topological polar surface area (TPSA) is 53.4 Å². The second-order valence-electron chi connectivity index (χ2n) is 4.69. The number of hydrogen-bond donors (Lipinski definition) is 1. The summed E-state index contributed by atoms with van der Waals surface area (Å²) in [6, 6.07) is 4.11. The van der Waals surface area contributed by atoms with Crippen molar-refractivity contribution in [2.75, 3.05) is 11.4 Å². The molecule has 0 amide bonds. The van der Waals surface area contributed by atoms with Crippen molar-refractivity contribution in [1.82, 2.24) is 4.98 Å². The Morgan fingerprint density at radius 1 is 1.44 bits per heavy atom. The Hall–Kier alpha value is -1.58. The van der Waals surface area contributed by atoms with Crippen LogP contribution < -0.4 is 4.90 Å². The molecule has 2 atom stereocenters. The van der Waals surface area contributed by atoms with Gasteiger partial charge in [-0.3, -0.25) is 0 Å². The third kappa shape index (κ3) is 1.45. The van der Waals surface area contributed by atoms with Gasteiger partial charge in [0.2, 0.25) is 0 Å². The molecule has 2 bridgehead atoms. The normalized spacial score (nSPS) is 27.4. The van der Waals surface area contributed by atoms with E-state index in [9.17, 15) is 4.79 Å². The SMILES string of the molecule is O=C(O)c1ccc(N2CC3CCC2C3)cn1. The Labute approximate surface area is 93.9 Å². The van der Waals surface area contributed by atoms with Gasteiger partial charge in [0.25, 0.3) is 0 Å². The summed E-state index contributed by atoms with van der Waals surface area (Å²) in [6.07, 6.45) is 5.60. The van der Waals surface area contributed by atoms with Crippen molar-refractivity contribution in [3.63, 3.8) is 0 Å². The first kappa shape index (κ1) is 9.63. The smallest absolute Gasteiger partial charge is 0.354 e. The molecule has 0 radical (unpaired) electrons. The van der Waals surface area contributed by atoms with Gasteiger partial charge in [-0.15, -0.1) is 0 Å². The van der Waals surface area contributed by atoms with Crippen molar-refractivity contribution in [2.24, 2.45) is 5.92 Å². The molecule has 4 nitrogen and oxygen atoms in total. The maximum Gasteiger partial charge on any atom is 0.354 e. The van der Waals surface area contributed by atoms with Gasteiger partial charge in [-0.25, -0.2) is 9.78 Å².